The summed E-state index contributed by atoms with van der Waals surface area (Å²) in [5, 5.41) is 9.78. The first kappa shape index (κ1) is 10.5. The van der Waals surface area contributed by atoms with Crippen LogP contribution in [0.4, 0.5) is 0 Å². The number of nitrogens with one attached hydrogen (secondary N) is 1. The van der Waals surface area contributed by atoms with Crippen LogP contribution in [0.5, 0.6) is 5.75 Å². The maximum atomic E-state index is 10.7. The zero-order valence-electron chi connectivity index (χ0n) is 9.20. The van der Waals surface area contributed by atoms with Gasteiger partial charge in [-0.2, -0.15) is 0 Å². The Balaban J connectivity index is 2.57. The highest BCUT2D eigenvalue weighted by atomic mass is 16.5. The number of aromatic amines is 1. The summed E-state index contributed by atoms with van der Waals surface area (Å²) in [5.74, 6) is -0.0598. The van der Waals surface area contributed by atoms with Gasteiger partial charge in [0.1, 0.15) is 5.75 Å². The van der Waals surface area contributed by atoms with Crippen LogP contribution < -0.4 is 4.74 Å². The topological polar surface area (TPSA) is 62.3 Å². The minimum Gasteiger partial charge on any atom is -0.497 e. The number of benzene rings is 1. The molecule has 0 aliphatic carbocycles. The fraction of sp³-hybridized carbons (Fsp3) is 0.250. The van der Waals surface area contributed by atoms with Gasteiger partial charge in [-0.25, -0.2) is 0 Å². The number of fused-ring (bicyclic) bond motifs is 1. The normalized spacial score (nSPS) is 10.6. The molecule has 0 fully saturated rings. The van der Waals surface area contributed by atoms with Gasteiger partial charge in [0.05, 0.1) is 13.5 Å². The van der Waals surface area contributed by atoms with Gasteiger partial charge in [-0.3, -0.25) is 4.79 Å². The van der Waals surface area contributed by atoms with E-state index in [-0.39, 0.29) is 6.42 Å². The van der Waals surface area contributed by atoms with Gasteiger partial charge in [-0.15, -0.1) is 0 Å². The van der Waals surface area contributed by atoms with Crippen molar-refractivity contribution in [1.82, 2.24) is 4.98 Å². The number of H-pyrrole nitrogens is 1. The second-order valence-electron chi connectivity index (χ2n) is 3.71. The molecule has 1 aromatic heterocycles. The maximum Gasteiger partial charge on any atom is 0.307 e. The van der Waals surface area contributed by atoms with Gasteiger partial charge in [-0.1, -0.05) is 0 Å². The number of hydrogen-bond acceptors (Lipinski definition) is 2. The quantitative estimate of drug-likeness (QED) is 0.831. The van der Waals surface area contributed by atoms with Crippen LogP contribution in [-0.2, 0) is 11.2 Å². The Bertz CT molecular complexity index is 542. The monoisotopic (exact) mass is 219 g/mol. The molecule has 0 spiro atoms. The number of hydrogen-bond donors (Lipinski definition) is 2. The number of aliphatic carboxylic acids is 1. The molecule has 4 nitrogen and oxygen atoms in total. The average molecular weight is 219 g/mol. The van der Waals surface area contributed by atoms with Crippen LogP contribution in [0.3, 0.4) is 0 Å². The van der Waals surface area contributed by atoms with Gasteiger partial charge in [0.15, 0.2) is 0 Å². The predicted molar refractivity (Wildman–Crippen MR) is 60.9 cm³/mol. The molecule has 0 radical (unpaired) electrons. The number of aryl methyl sites for hydroxylation is 1. The fourth-order valence-electron chi connectivity index (χ4n) is 1.88. The zero-order chi connectivity index (χ0) is 11.7. The first-order valence-electron chi connectivity index (χ1n) is 4.99. The summed E-state index contributed by atoms with van der Waals surface area (Å²) in [4.78, 5) is 13.9. The molecule has 0 saturated carbocycles. The van der Waals surface area contributed by atoms with E-state index in [9.17, 15) is 4.79 Å². The lowest BCUT2D eigenvalue weighted by molar-refractivity contribution is -0.136. The molecule has 2 N–H and O–H groups in total. The molecule has 0 unspecified atom stereocenters. The van der Waals surface area contributed by atoms with Crippen LogP contribution in [0, 0.1) is 6.92 Å². The van der Waals surface area contributed by atoms with E-state index in [1.165, 1.54) is 0 Å². The van der Waals surface area contributed by atoms with E-state index in [0.717, 1.165) is 27.9 Å². The third-order valence-corrected chi connectivity index (χ3v) is 2.65. The smallest absolute Gasteiger partial charge is 0.307 e. The molecule has 0 amide bonds. The number of ether oxygens (including phenoxy) is 1. The van der Waals surface area contributed by atoms with Crippen molar-refractivity contribution in [3.05, 3.63) is 29.5 Å². The molecule has 0 aliphatic rings. The second-order valence-corrected chi connectivity index (χ2v) is 3.71. The molecule has 84 valence electrons. The van der Waals surface area contributed by atoms with E-state index in [0.29, 0.717) is 0 Å². The van der Waals surface area contributed by atoms with E-state index in [4.69, 9.17) is 9.84 Å². The minimum absolute atomic E-state index is 0.0398. The van der Waals surface area contributed by atoms with Gasteiger partial charge in [0.2, 0.25) is 0 Å². The Labute approximate surface area is 92.9 Å². The highest BCUT2D eigenvalue weighted by Crippen LogP contribution is 2.26. The summed E-state index contributed by atoms with van der Waals surface area (Å²) in [7, 11) is 1.61. The molecule has 2 rings (SSSR count). The summed E-state index contributed by atoms with van der Waals surface area (Å²) in [6, 6.07) is 5.59. The number of carboxylic acid groups (broad SMARTS) is 1. The number of carboxylic acids is 1. The van der Waals surface area contributed by atoms with Crippen molar-refractivity contribution in [3.8, 4) is 5.75 Å². The van der Waals surface area contributed by atoms with Crippen molar-refractivity contribution in [2.45, 2.75) is 13.3 Å². The van der Waals surface area contributed by atoms with E-state index in [2.05, 4.69) is 4.98 Å². The Kier molecular flexibility index (Phi) is 2.56. The molecule has 16 heavy (non-hydrogen) atoms. The van der Waals surface area contributed by atoms with Crippen molar-refractivity contribution in [2.75, 3.05) is 7.11 Å². The summed E-state index contributed by atoms with van der Waals surface area (Å²) in [6.07, 6.45) is 0.0398. The Morgan fingerprint density at radius 2 is 2.25 bits per heavy atom. The number of methoxy groups -OCH3 is 1. The van der Waals surface area contributed by atoms with Crippen molar-refractivity contribution in [3.63, 3.8) is 0 Å². The minimum atomic E-state index is -0.820. The number of carbonyl (C=O) groups is 1. The maximum absolute atomic E-state index is 10.7. The molecule has 1 heterocycles. The summed E-state index contributed by atoms with van der Waals surface area (Å²) in [6.45, 7) is 1.88. The van der Waals surface area contributed by atoms with Gasteiger partial charge in [0, 0.05) is 22.7 Å². The molecule has 2 aromatic rings. The van der Waals surface area contributed by atoms with Crippen molar-refractivity contribution in [2.24, 2.45) is 0 Å². The molecular formula is C12H13NO3. The summed E-state index contributed by atoms with van der Waals surface area (Å²) < 4.78 is 5.12. The van der Waals surface area contributed by atoms with Gasteiger partial charge in [-0.05, 0) is 24.6 Å². The second kappa shape index (κ2) is 3.89. The fourth-order valence-corrected chi connectivity index (χ4v) is 1.88. The Morgan fingerprint density at radius 3 is 2.88 bits per heavy atom. The standard InChI is InChI=1S/C12H13NO3/c1-7-10(6-12(14)15)9-4-3-8(16-2)5-11(9)13-7/h3-5,13H,6H2,1-2H3,(H,14,15). The third kappa shape index (κ3) is 1.74. The molecule has 0 aliphatic heterocycles. The van der Waals surface area contributed by atoms with Gasteiger partial charge in [0.25, 0.3) is 0 Å². The summed E-state index contributed by atoms with van der Waals surface area (Å²) >= 11 is 0. The lowest BCUT2D eigenvalue weighted by Crippen LogP contribution is -2.00. The van der Waals surface area contributed by atoms with E-state index >= 15 is 0 Å². The number of rotatable bonds is 3. The van der Waals surface area contributed by atoms with Crippen LogP contribution in [-0.4, -0.2) is 23.2 Å². The van der Waals surface area contributed by atoms with E-state index in [1.807, 2.05) is 25.1 Å². The lowest BCUT2D eigenvalue weighted by Gasteiger charge is -1.99. The highest BCUT2D eigenvalue weighted by molar-refractivity contribution is 5.89. The van der Waals surface area contributed by atoms with Gasteiger partial charge >= 0.3 is 5.97 Å². The SMILES string of the molecule is COc1ccc2c(CC(=O)O)c(C)[nH]c2c1. The van der Waals surface area contributed by atoms with Crippen molar-refractivity contribution in [1.29, 1.82) is 0 Å². The Hall–Kier alpha value is -1.97. The molecule has 4 heteroatoms. The highest BCUT2D eigenvalue weighted by Gasteiger charge is 2.11. The lowest BCUT2D eigenvalue weighted by atomic mass is 10.1. The van der Waals surface area contributed by atoms with Gasteiger partial charge < -0.3 is 14.8 Å². The molecule has 0 saturated heterocycles. The van der Waals surface area contributed by atoms with Crippen LogP contribution in [0.2, 0.25) is 0 Å². The zero-order valence-corrected chi connectivity index (χ0v) is 9.20. The van der Waals surface area contributed by atoms with E-state index < -0.39 is 5.97 Å². The van der Waals surface area contributed by atoms with Crippen LogP contribution in [0.25, 0.3) is 10.9 Å². The molecule has 0 atom stereocenters. The van der Waals surface area contributed by atoms with Crippen molar-refractivity contribution < 1.29 is 14.6 Å². The largest absolute Gasteiger partial charge is 0.497 e. The predicted octanol–water partition coefficient (Wildman–Crippen LogP) is 2.11. The summed E-state index contributed by atoms with van der Waals surface area (Å²) in [5.41, 5.74) is 2.64. The number of aromatic nitrogens is 1. The first-order chi connectivity index (χ1) is 7.61. The third-order valence-electron chi connectivity index (χ3n) is 2.65. The van der Waals surface area contributed by atoms with E-state index in [1.54, 1.807) is 7.11 Å². The molecule has 1 aromatic carbocycles. The van der Waals surface area contributed by atoms with Crippen LogP contribution >= 0.6 is 0 Å². The van der Waals surface area contributed by atoms with Crippen LogP contribution in [0.15, 0.2) is 18.2 Å². The van der Waals surface area contributed by atoms with Crippen LogP contribution in [0.1, 0.15) is 11.3 Å². The first-order valence-corrected chi connectivity index (χ1v) is 4.99. The molecular weight excluding hydrogens is 206 g/mol. The van der Waals surface area contributed by atoms with Crippen molar-refractivity contribution >= 4 is 16.9 Å². The molecule has 0 bridgehead atoms. The average Bonchev–Trinajstić information content (AvgIpc) is 2.54. The Morgan fingerprint density at radius 1 is 1.50 bits per heavy atom.